The molecule has 1 aliphatic heterocycles. The number of alkyl halides is 3. The van der Waals surface area contributed by atoms with Crippen LogP contribution in [-0.4, -0.2) is 75.1 Å². The molecule has 4 rings (SSSR count). The Labute approximate surface area is 201 Å². The van der Waals surface area contributed by atoms with Gasteiger partial charge in [0.2, 0.25) is 0 Å². The van der Waals surface area contributed by atoms with Crippen LogP contribution in [-0.2, 0) is 6.18 Å². The van der Waals surface area contributed by atoms with E-state index in [9.17, 15) is 22.8 Å². The van der Waals surface area contributed by atoms with Gasteiger partial charge in [-0.2, -0.15) is 13.2 Å². The number of carboxylic acid groups (broad SMARTS) is 1. The molecule has 0 saturated carbocycles. The average Bonchev–Trinajstić information content (AvgIpc) is 3.30. The van der Waals surface area contributed by atoms with Crippen LogP contribution < -0.4 is 10.2 Å². The van der Waals surface area contributed by atoms with E-state index in [1.54, 1.807) is 12.1 Å². The number of pyridine rings is 1. The number of amides is 1. The van der Waals surface area contributed by atoms with E-state index in [0.717, 1.165) is 19.3 Å². The van der Waals surface area contributed by atoms with Crippen molar-refractivity contribution in [2.24, 2.45) is 0 Å². The SMILES string of the molecule is CN1CCN(c2ccc(-n3cc(C(=O)O)nn3)cc2NC(=O)c2cnc(Cl)cc2C(F)(F)F)CC1. The van der Waals surface area contributed by atoms with Gasteiger partial charge in [0.25, 0.3) is 5.91 Å². The first-order valence-electron chi connectivity index (χ1n) is 10.3. The number of halogens is 4. The summed E-state index contributed by atoms with van der Waals surface area (Å²) in [5.41, 5.74) is -1.04. The van der Waals surface area contributed by atoms with Gasteiger partial charge < -0.3 is 20.2 Å². The quantitative estimate of drug-likeness (QED) is 0.504. The van der Waals surface area contributed by atoms with Gasteiger partial charge in [-0.15, -0.1) is 5.10 Å². The molecule has 0 bridgehead atoms. The Morgan fingerprint density at radius 3 is 2.49 bits per heavy atom. The number of nitrogens with zero attached hydrogens (tertiary/aromatic N) is 6. The molecule has 184 valence electrons. The first kappa shape index (κ1) is 24.4. The number of rotatable bonds is 5. The van der Waals surface area contributed by atoms with Crippen LogP contribution in [0, 0.1) is 0 Å². The molecule has 1 amide bonds. The zero-order valence-corrected chi connectivity index (χ0v) is 19.0. The van der Waals surface area contributed by atoms with Crippen molar-refractivity contribution in [2.45, 2.75) is 6.18 Å². The number of nitrogens with one attached hydrogen (secondary N) is 1. The van der Waals surface area contributed by atoms with Gasteiger partial charge >= 0.3 is 12.1 Å². The monoisotopic (exact) mass is 509 g/mol. The largest absolute Gasteiger partial charge is 0.476 e. The highest BCUT2D eigenvalue weighted by molar-refractivity contribution is 6.29. The maximum atomic E-state index is 13.5. The minimum absolute atomic E-state index is 0.215. The van der Waals surface area contributed by atoms with Crippen molar-refractivity contribution in [2.75, 3.05) is 43.4 Å². The number of hydrogen-bond acceptors (Lipinski definition) is 7. The van der Waals surface area contributed by atoms with Gasteiger partial charge in [-0.1, -0.05) is 16.8 Å². The molecule has 3 aromatic rings. The lowest BCUT2D eigenvalue weighted by Gasteiger charge is -2.35. The van der Waals surface area contributed by atoms with Gasteiger partial charge in [-0.25, -0.2) is 14.5 Å². The molecule has 0 aliphatic carbocycles. The van der Waals surface area contributed by atoms with Crippen molar-refractivity contribution < 1.29 is 27.9 Å². The van der Waals surface area contributed by atoms with Crippen LogP contribution in [0.25, 0.3) is 5.69 Å². The molecule has 3 heterocycles. The molecule has 0 atom stereocenters. The summed E-state index contributed by atoms with van der Waals surface area (Å²) in [6.07, 6.45) is -2.87. The number of carbonyl (C=O) groups is 2. The first-order valence-corrected chi connectivity index (χ1v) is 10.7. The standard InChI is InChI=1S/C21H19ClF3N7O3/c1-30-4-6-31(7-5-30)17-3-2-12(32-11-16(20(34)35)28-29-32)8-15(17)27-19(33)13-10-26-18(22)9-14(13)21(23,24)25/h2-3,8-11H,4-7H2,1H3,(H,27,33)(H,34,35). The number of hydrogen-bond donors (Lipinski definition) is 2. The lowest BCUT2D eigenvalue weighted by molar-refractivity contribution is -0.138. The van der Waals surface area contributed by atoms with E-state index < -0.39 is 34.3 Å². The molecular weight excluding hydrogens is 491 g/mol. The molecule has 1 aliphatic rings. The van der Waals surface area contributed by atoms with E-state index in [1.807, 2.05) is 11.9 Å². The van der Waals surface area contributed by atoms with E-state index in [-0.39, 0.29) is 11.4 Å². The second-order valence-electron chi connectivity index (χ2n) is 7.85. The average molecular weight is 510 g/mol. The topological polar surface area (TPSA) is 116 Å². The van der Waals surface area contributed by atoms with E-state index >= 15 is 0 Å². The molecule has 1 aromatic carbocycles. The Kier molecular flexibility index (Phi) is 6.63. The number of piperazine rings is 1. The summed E-state index contributed by atoms with van der Waals surface area (Å²) in [4.78, 5) is 31.9. The minimum Gasteiger partial charge on any atom is -0.476 e. The van der Waals surface area contributed by atoms with Crippen LogP contribution in [0.4, 0.5) is 24.5 Å². The van der Waals surface area contributed by atoms with Crippen LogP contribution in [0.1, 0.15) is 26.4 Å². The fourth-order valence-electron chi connectivity index (χ4n) is 3.61. The Hall–Kier alpha value is -3.71. The molecule has 0 radical (unpaired) electrons. The zero-order chi connectivity index (χ0) is 25.3. The lowest BCUT2D eigenvalue weighted by atomic mass is 10.1. The molecule has 10 nitrogen and oxygen atoms in total. The summed E-state index contributed by atoms with van der Waals surface area (Å²) in [7, 11) is 1.97. The molecule has 0 unspecified atom stereocenters. The summed E-state index contributed by atoms with van der Waals surface area (Å²) < 4.78 is 41.8. The third kappa shape index (κ3) is 5.35. The Morgan fingerprint density at radius 2 is 1.86 bits per heavy atom. The molecule has 1 fully saturated rings. The van der Waals surface area contributed by atoms with Gasteiger partial charge in [0.15, 0.2) is 5.69 Å². The summed E-state index contributed by atoms with van der Waals surface area (Å²) in [5, 5.41) is 18.6. The van der Waals surface area contributed by atoms with E-state index in [2.05, 4.69) is 25.5 Å². The smallest absolute Gasteiger partial charge is 0.417 e. The van der Waals surface area contributed by atoms with Gasteiger partial charge in [0, 0.05) is 32.4 Å². The third-order valence-electron chi connectivity index (χ3n) is 5.47. The van der Waals surface area contributed by atoms with Crippen molar-refractivity contribution >= 4 is 34.9 Å². The second-order valence-corrected chi connectivity index (χ2v) is 8.24. The number of aromatic carboxylic acids is 1. The summed E-state index contributed by atoms with van der Waals surface area (Å²) >= 11 is 5.63. The van der Waals surface area contributed by atoms with Crippen molar-refractivity contribution in [1.29, 1.82) is 0 Å². The fourth-order valence-corrected chi connectivity index (χ4v) is 3.77. The Balaban J connectivity index is 1.73. The van der Waals surface area contributed by atoms with Crippen LogP contribution in [0.15, 0.2) is 36.7 Å². The molecule has 0 spiro atoms. The van der Waals surface area contributed by atoms with Gasteiger partial charge in [0.05, 0.1) is 34.4 Å². The summed E-state index contributed by atoms with van der Waals surface area (Å²) in [5.74, 6) is -2.30. The van der Waals surface area contributed by atoms with Crippen molar-refractivity contribution in [3.05, 3.63) is 58.6 Å². The van der Waals surface area contributed by atoms with Crippen molar-refractivity contribution in [3.63, 3.8) is 0 Å². The van der Waals surface area contributed by atoms with Gasteiger partial charge in [-0.3, -0.25) is 4.79 Å². The third-order valence-corrected chi connectivity index (χ3v) is 5.68. The van der Waals surface area contributed by atoms with E-state index in [0.29, 0.717) is 30.5 Å². The number of aromatic nitrogens is 4. The number of carbonyl (C=O) groups excluding carboxylic acids is 1. The first-order chi connectivity index (χ1) is 16.5. The van der Waals surface area contributed by atoms with Gasteiger partial charge in [-0.05, 0) is 31.3 Å². The zero-order valence-electron chi connectivity index (χ0n) is 18.3. The van der Waals surface area contributed by atoms with E-state index in [1.165, 1.54) is 16.9 Å². The highest BCUT2D eigenvalue weighted by Crippen LogP contribution is 2.35. The van der Waals surface area contributed by atoms with E-state index in [4.69, 9.17) is 16.7 Å². The van der Waals surface area contributed by atoms with Crippen molar-refractivity contribution in [1.82, 2.24) is 24.9 Å². The molecule has 1 saturated heterocycles. The van der Waals surface area contributed by atoms with Crippen molar-refractivity contribution in [3.8, 4) is 5.69 Å². The predicted molar refractivity (Wildman–Crippen MR) is 120 cm³/mol. The predicted octanol–water partition coefficient (Wildman–Crippen LogP) is 3.04. The second kappa shape index (κ2) is 9.50. The number of carboxylic acids is 1. The Morgan fingerprint density at radius 1 is 1.14 bits per heavy atom. The van der Waals surface area contributed by atoms with Crippen LogP contribution >= 0.6 is 11.6 Å². The lowest BCUT2D eigenvalue weighted by Crippen LogP contribution is -2.44. The highest BCUT2D eigenvalue weighted by Gasteiger charge is 2.36. The minimum atomic E-state index is -4.82. The number of likely N-dealkylation sites (N-methyl/N-ethyl adjacent to an activating group) is 1. The molecule has 2 N–H and O–H groups in total. The highest BCUT2D eigenvalue weighted by atomic mass is 35.5. The summed E-state index contributed by atoms with van der Waals surface area (Å²) in [6, 6.07) is 5.41. The van der Waals surface area contributed by atoms with Crippen LogP contribution in [0.5, 0.6) is 0 Å². The van der Waals surface area contributed by atoms with Crippen LogP contribution in [0.2, 0.25) is 5.15 Å². The molecule has 14 heteroatoms. The van der Waals surface area contributed by atoms with Crippen LogP contribution in [0.3, 0.4) is 0 Å². The number of benzene rings is 1. The molecular formula is C21H19ClF3N7O3. The summed E-state index contributed by atoms with van der Waals surface area (Å²) in [6.45, 7) is 2.75. The maximum absolute atomic E-state index is 13.5. The van der Waals surface area contributed by atoms with Gasteiger partial charge in [0.1, 0.15) is 5.15 Å². The molecule has 2 aromatic heterocycles. The molecule has 35 heavy (non-hydrogen) atoms. The number of anilines is 2. The maximum Gasteiger partial charge on any atom is 0.417 e. The normalized spacial score (nSPS) is 14.7. The fraction of sp³-hybridized carbons (Fsp3) is 0.286. The Bertz CT molecular complexity index is 1270.